The van der Waals surface area contributed by atoms with Crippen LogP contribution in [-0.2, 0) is 11.8 Å². The highest BCUT2D eigenvalue weighted by Crippen LogP contribution is 2.13. The summed E-state index contributed by atoms with van der Waals surface area (Å²) in [6.07, 6.45) is 5.34. The zero-order valence-electron chi connectivity index (χ0n) is 11.3. The summed E-state index contributed by atoms with van der Waals surface area (Å²) >= 11 is 0. The Bertz CT molecular complexity index is 545. The van der Waals surface area contributed by atoms with Crippen molar-refractivity contribution in [3.8, 4) is 5.82 Å². The van der Waals surface area contributed by atoms with E-state index in [-0.39, 0.29) is 11.9 Å². The number of carbonyl (C=O) groups is 1. The maximum atomic E-state index is 12.2. The van der Waals surface area contributed by atoms with Gasteiger partial charge >= 0.3 is 0 Å². The Morgan fingerprint density at radius 2 is 2.16 bits per heavy atom. The van der Waals surface area contributed by atoms with Gasteiger partial charge in [-0.15, -0.1) is 0 Å². The molecular formula is C13H18N4O2. The van der Waals surface area contributed by atoms with Crippen LogP contribution in [0.3, 0.4) is 0 Å². The van der Waals surface area contributed by atoms with Gasteiger partial charge in [0.25, 0.3) is 5.91 Å². The lowest BCUT2D eigenvalue weighted by Gasteiger charge is -2.13. The third kappa shape index (κ3) is 2.85. The van der Waals surface area contributed by atoms with Gasteiger partial charge in [-0.1, -0.05) is 0 Å². The van der Waals surface area contributed by atoms with Gasteiger partial charge in [-0.2, -0.15) is 5.10 Å². The van der Waals surface area contributed by atoms with Gasteiger partial charge in [0, 0.05) is 32.6 Å². The smallest absolute Gasteiger partial charge is 0.256 e. The second-order valence-electron chi connectivity index (χ2n) is 4.43. The molecule has 2 heterocycles. The van der Waals surface area contributed by atoms with Gasteiger partial charge in [-0.05, 0) is 19.1 Å². The Balaban J connectivity index is 2.24. The van der Waals surface area contributed by atoms with E-state index in [1.807, 2.05) is 43.1 Å². The number of amides is 1. The highest BCUT2D eigenvalue weighted by Gasteiger charge is 2.18. The van der Waals surface area contributed by atoms with Crippen molar-refractivity contribution < 1.29 is 9.53 Å². The summed E-state index contributed by atoms with van der Waals surface area (Å²) in [5, 5.41) is 7.03. The van der Waals surface area contributed by atoms with Gasteiger partial charge in [0.05, 0.1) is 12.8 Å². The molecule has 6 nitrogen and oxygen atoms in total. The number of nitrogens with zero attached hydrogens (tertiary/aromatic N) is 3. The molecule has 0 aliphatic rings. The van der Waals surface area contributed by atoms with Crippen molar-refractivity contribution in [2.75, 3.05) is 13.7 Å². The Morgan fingerprint density at radius 3 is 2.79 bits per heavy atom. The normalized spacial score (nSPS) is 12.4. The SMILES string of the molecule is COC[C@@H](C)NC(=O)c1cnn(C)c1-n1cccc1. The standard InChI is InChI=1S/C13H18N4O2/c1-10(9-19-3)15-12(18)11-8-14-16(2)13(11)17-6-4-5-7-17/h4-8,10H,9H2,1-3H3,(H,15,18)/t10-/m1/s1. The van der Waals surface area contributed by atoms with Crippen LogP contribution >= 0.6 is 0 Å². The van der Waals surface area contributed by atoms with Crippen molar-refractivity contribution in [2.45, 2.75) is 13.0 Å². The highest BCUT2D eigenvalue weighted by atomic mass is 16.5. The Morgan fingerprint density at radius 1 is 1.47 bits per heavy atom. The van der Waals surface area contributed by atoms with Crippen molar-refractivity contribution in [3.05, 3.63) is 36.3 Å². The van der Waals surface area contributed by atoms with E-state index in [0.717, 1.165) is 5.82 Å². The lowest BCUT2D eigenvalue weighted by Crippen LogP contribution is -2.36. The molecule has 1 N–H and O–H groups in total. The first-order valence-electron chi connectivity index (χ1n) is 6.08. The summed E-state index contributed by atoms with van der Waals surface area (Å²) in [6, 6.07) is 3.76. The number of aromatic nitrogens is 3. The van der Waals surface area contributed by atoms with Crippen LogP contribution in [0.2, 0.25) is 0 Å². The predicted octanol–water partition coefficient (Wildman–Crippen LogP) is 0.975. The van der Waals surface area contributed by atoms with E-state index in [2.05, 4.69) is 10.4 Å². The van der Waals surface area contributed by atoms with Crippen LogP contribution in [0.4, 0.5) is 0 Å². The van der Waals surface area contributed by atoms with Crippen molar-refractivity contribution in [3.63, 3.8) is 0 Å². The van der Waals surface area contributed by atoms with Crippen molar-refractivity contribution in [1.29, 1.82) is 0 Å². The largest absolute Gasteiger partial charge is 0.383 e. The molecule has 0 bridgehead atoms. The average molecular weight is 262 g/mol. The summed E-state index contributed by atoms with van der Waals surface area (Å²) < 4.78 is 8.55. The third-order valence-electron chi connectivity index (χ3n) is 2.80. The topological polar surface area (TPSA) is 61.1 Å². The minimum absolute atomic E-state index is 0.0461. The number of methoxy groups -OCH3 is 1. The predicted molar refractivity (Wildman–Crippen MR) is 71.3 cm³/mol. The number of carbonyl (C=O) groups excluding carboxylic acids is 1. The molecule has 0 spiro atoms. The van der Waals surface area contributed by atoms with Crippen LogP contribution < -0.4 is 5.32 Å². The summed E-state index contributed by atoms with van der Waals surface area (Å²) in [6.45, 7) is 2.37. The van der Waals surface area contributed by atoms with E-state index >= 15 is 0 Å². The van der Waals surface area contributed by atoms with Crippen molar-refractivity contribution in [2.24, 2.45) is 7.05 Å². The van der Waals surface area contributed by atoms with Crippen LogP contribution in [0.5, 0.6) is 0 Å². The van der Waals surface area contributed by atoms with E-state index in [9.17, 15) is 4.79 Å². The van der Waals surface area contributed by atoms with E-state index in [4.69, 9.17) is 4.74 Å². The number of ether oxygens (including phenoxy) is 1. The molecule has 0 fully saturated rings. The third-order valence-corrected chi connectivity index (χ3v) is 2.80. The minimum Gasteiger partial charge on any atom is -0.383 e. The molecule has 6 heteroatoms. The average Bonchev–Trinajstić information content (AvgIpc) is 2.97. The van der Waals surface area contributed by atoms with Gasteiger partial charge in [-0.25, -0.2) is 0 Å². The van der Waals surface area contributed by atoms with Crippen LogP contribution in [0.25, 0.3) is 5.82 Å². The fourth-order valence-electron chi connectivity index (χ4n) is 1.97. The zero-order chi connectivity index (χ0) is 13.8. The molecule has 1 atom stereocenters. The van der Waals surface area contributed by atoms with Crippen molar-refractivity contribution in [1.82, 2.24) is 19.7 Å². The van der Waals surface area contributed by atoms with Crippen LogP contribution in [0.15, 0.2) is 30.7 Å². The first-order chi connectivity index (χ1) is 9.13. The summed E-state index contributed by atoms with van der Waals surface area (Å²) in [4.78, 5) is 12.2. The van der Waals surface area contributed by atoms with E-state index in [1.165, 1.54) is 0 Å². The molecule has 2 aromatic rings. The number of hydrogen-bond acceptors (Lipinski definition) is 3. The van der Waals surface area contributed by atoms with Crippen LogP contribution in [0, 0.1) is 0 Å². The molecule has 0 aromatic carbocycles. The van der Waals surface area contributed by atoms with E-state index < -0.39 is 0 Å². The molecular weight excluding hydrogens is 244 g/mol. The number of rotatable bonds is 5. The number of nitrogens with one attached hydrogen (secondary N) is 1. The van der Waals surface area contributed by atoms with Gasteiger partial charge in [-0.3, -0.25) is 9.48 Å². The first-order valence-corrected chi connectivity index (χ1v) is 6.08. The fourth-order valence-corrected chi connectivity index (χ4v) is 1.97. The van der Waals surface area contributed by atoms with Crippen LogP contribution in [-0.4, -0.2) is 40.0 Å². The first kappa shape index (κ1) is 13.4. The highest BCUT2D eigenvalue weighted by molar-refractivity contribution is 5.97. The lowest BCUT2D eigenvalue weighted by molar-refractivity contribution is 0.0905. The van der Waals surface area contributed by atoms with E-state index in [1.54, 1.807) is 18.0 Å². The van der Waals surface area contributed by atoms with Crippen molar-refractivity contribution >= 4 is 5.91 Å². The second kappa shape index (κ2) is 5.71. The molecule has 2 rings (SSSR count). The quantitative estimate of drug-likeness (QED) is 0.873. The monoisotopic (exact) mass is 262 g/mol. The fraction of sp³-hybridized carbons (Fsp3) is 0.385. The maximum absolute atomic E-state index is 12.2. The Labute approximate surface area is 112 Å². The van der Waals surface area contributed by atoms with Gasteiger partial charge in [0.1, 0.15) is 11.4 Å². The summed E-state index contributed by atoms with van der Waals surface area (Å²) in [7, 11) is 3.42. The molecule has 19 heavy (non-hydrogen) atoms. The molecule has 0 saturated heterocycles. The van der Waals surface area contributed by atoms with Crippen LogP contribution in [0.1, 0.15) is 17.3 Å². The number of hydrogen-bond donors (Lipinski definition) is 1. The Hall–Kier alpha value is -2.08. The van der Waals surface area contributed by atoms with Gasteiger partial charge < -0.3 is 14.6 Å². The molecule has 0 aliphatic carbocycles. The molecule has 0 unspecified atom stereocenters. The minimum atomic E-state index is -0.152. The van der Waals surface area contributed by atoms with E-state index in [0.29, 0.717) is 12.2 Å². The van der Waals surface area contributed by atoms with Gasteiger partial charge in [0.15, 0.2) is 0 Å². The molecule has 2 aromatic heterocycles. The summed E-state index contributed by atoms with van der Waals surface area (Å²) in [5.41, 5.74) is 0.543. The molecule has 0 aliphatic heterocycles. The maximum Gasteiger partial charge on any atom is 0.256 e. The Kier molecular flexibility index (Phi) is 4.01. The molecule has 0 radical (unpaired) electrons. The zero-order valence-corrected chi connectivity index (χ0v) is 11.3. The lowest BCUT2D eigenvalue weighted by atomic mass is 10.2. The number of aryl methyl sites for hydroxylation is 1. The molecule has 102 valence electrons. The van der Waals surface area contributed by atoms with Gasteiger partial charge in [0.2, 0.25) is 0 Å². The summed E-state index contributed by atoms with van der Waals surface area (Å²) in [5.74, 6) is 0.591. The molecule has 1 amide bonds. The second-order valence-corrected chi connectivity index (χ2v) is 4.43. The molecule has 0 saturated carbocycles.